The molecule has 4 rings (SSSR count). The van der Waals surface area contributed by atoms with Crippen LogP contribution >= 0.6 is 35.0 Å². The SMILES string of the molecule is O=c1nc(SCc2ccc(Cl)cc2Cl)c2c(n1CC1CCCO1)CCCC2. The molecule has 27 heavy (non-hydrogen) atoms. The molecule has 0 N–H and O–H groups in total. The van der Waals surface area contributed by atoms with Gasteiger partial charge in [-0.15, -0.1) is 11.8 Å². The Balaban J connectivity index is 1.61. The largest absolute Gasteiger partial charge is 0.376 e. The third-order valence-corrected chi connectivity index (χ3v) is 6.89. The molecule has 1 aliphatic heterocycles. The molecule has 0 amide bonds. The summed E-state index contributed by atoms with van der Waals surface area (Å²) in [5, 5.41) is 2.13. The molecule has 2 aliphatic rings. The molecule has 7 heteroatoms. The number of thioether (sulfide) groups is 1. The Kier molecular flexibility index (Phi) is 6.12. The zero-order valence-corrected chi connectivity index (χ0v) is 17.4. The summed E-state index contributed by atoms with van der Waals surface area (Å²) >= 11 is 13.9. The highest BCUT2D eigenvalue weighted by Gasteiger charge is 2.24. The third kappa shape index (κ3) is 4.37. The monoisotopic (exact) mass is 424 g/mol. The van der Waals surface area contributed by atoms with Crippen LogP contribution in [-0.2, 0) is 29.9 Å². The molecule has 1 aromatic carbocycles. The van der Waals surface area contributed by atoms with E-state index < -0.39 is 0 Å². The fraction of sp³-hybridized carbons (Fsp3) is 0.500. The Morgan fingerprint density at radius 1 is 1.22 bits per heavy atom. The number of aromatic nitrogens is 2. The maximum Gasteiger partial charge on any atom is 0.348 e. The number of ether oxygens (including phenoxy) is 1. The van der Waals surface area contributed by atoms with Crippen LogP contribution in [0, 0.1) is 0 Å². The van der Waals surface area contributed by atoms with Gasteiger partial charge in [0.25, 0.3) is 0 Å². The lowest BCUT2D eigenvalue weighted by molar-refractivity contribution is 0.0947. The first-order valence-corrected chi connectivity index (χ1v) is 11.2. The van der Waals surface area contributed by atoms with Crippen LogP contribution in [-0.4, -0.2) is 22.3 Å². The second kappa shape index (κ2) is 8.56. The predicted molar refractivity (Wildman–Crippen MR) is 110 cm³/mol. The van der Waals surface area contributed by atoms with Crippen molar-refractivity contribution in [1.82, 2.24) is 9.55 Å². The average molecular weight is 425 g/mol. The van der Waals surface area contributed by atoms with Gasteiger partial charge in [-0.05, 0) is 56.2 Å². The van der Waals surface area contributed by atoms with Gasteiger partial charge < -0.3 is 4.74 Å². The van der Waals surface area contributed by atoms with Crippen LogP contribution in [0.2, 0.25) is 10.0 Å². The van der Waals surface area contributed by atoms with Gasteiger partial charge in [0.1, 0.15) is 5.03 Å². The number of nitrogens with zero attached hydrogens (tertiary/aromatic N) is 2. The second-order valence-electron chi connectivity index (χ2n) is 7.10. The maximum atomic E-state index is 12.8. The van der Waals surface area contributed by atoms with Gasteiger partial charge in [-0.3, -0.25) is 4.57 Å². The smallest absolute Gasteiger partial charge is 0.348 e. The van der Waals surface area contributed by atoms with E-state index >= 15 is 0 Å². The van der Waals surface area contributed by atoms with E-state index in [0.29, 0.717) is 22.3 Å². The van der Waals surface area contributed by atoms with E-state index in [0.717, 1.165) is 61.4 Å². The number of hydrogen-bond donors (Lipinski definition) is 0. The second-order valence-corrected chi connectivity index (χ2v) is 8.91. The van der Waals surface area contributed by atoms with E-state index in [2.05, 4.69) is 4.98 Å². The van der Waals surface area contributed by atoms with Crippen LogP contribution in [0.25, 0.3) is 0 Å². The molecule has 2 heterocycles. The summed E-state index contributed by atoms with van der Waals surface area (Å²) in [6.07, 6.45) is 6.41. The van der Waals surface area contributed by atoms with Gasteiger partial charge in [0.05, 0.1) is 12.6 Å². The fourth-order valence-electron chi connectivity index (χ4n) is 3.83. The number of fused-ring (bicyclic) bond motifs is 1. The normalized spacial score (nSPS) is 19.3. The standard InChI is InChI=1S/C20H22Cl2N2O2S/c21-14-8-7-13(17(22)10-14)12-27-19-16-5-1-2-6-18(16)24(20(25)23-19)11-15-4-3-9-26-15/h7-8,10,15H,1-6,9,11-12H2. The van der Waals surface area contributed by atoms with E-state index in [4.69, 9.17) is 27.9 Å². The molecular weight excluding hydrogens is 403 g/mol. The van der Waals surface area contributed by atoms with Crippen molar-refractivity contribution in [3.05, 3.63) is 55.5 Å². The van der Waals surface area contributed by atoms with Crippen LogP contribution in [0.4, 0.5) is 0 Å². The minimum absolute atomic E-state index is 0.141. The Labute approximate surface area is 173 Å². The maximum absolute atomic E-state index is 12.8. The number of hydrogen-bond acceptors (Lipinski definition) is 4. The van der Waals surface area contributed by atoms with Crippen molar-refractivity contribution < 1.29 is 4.74 Å². The summed E-state index contributed by atoms with van der Waals surface area (Å²) in [6, 6.07) is 5.52. The first-order chi connectivity index (χ1) is 13.1. The van der Waals surface area contributed by atoms with Crippen molar-refractivity contribution in [3.63, 3.8) is 0 Å². The molecular formula is C20H22Cl2N2O2S. The van der Waals surface area contributed by atoms with E-state index in [9.17, 15) is 4.79 Å². The summed E-state index contributed by atoms with van der Waals surface area (Å²) in [6.45, 7) is 1.42. The van der Waals surface area contributed by atoms with Crippen molar-refractivity contribution in [2.24, 2.45) is 0 Å². The van der Waals surface area contributed by atoms with Crippen LogP contribution in [0.3, 0.4) is 0 Å². The molecule has 0 radical (unpaired) electrons. The van der Waals surface area contributed by atoms with Crippen LogP contribution in [0.1, 0.15) is 42.5 Å². The molecule has 0 bridgehead atoms. The van der Waals surface area contributed by atoms with Gasteiger partial charge >= 0.3 is 5.69 Å². The summed E-state index contributed by atoms with van der Waals surface area (Å²) in [5.41, 5.74) is 3.23. The van der Waals surface area contributed by atoms with Gasteiger partial charge in [0.15, 0.2) is 0 Å². The molecule has 1 atom stereocenters. The summed E-state index contributed by atoms with van der Waals surface area (Å²) in [7, 11) is 0. The van der Waals surface area contributed by atoms with Crippen molar-refractivity contribution in [1.29, 1.82) is 0 Å². The lowest BCUT2D eigenvalue weighted by Crippen LogP contribution is -2.33. The topological polar surface area (TPSA) is 44.1 Å². The Morgan fingerprint density at radius 2 is 2.07 bits per heavy atom. The first kappa shape index (κ1) is 19.3. The van der Waals surface area contributed by atoms with Crippen LogP contribution in [0.15, 0.2) is 28.0 Å². The quantitative estimate of drug-likeness (QED) is 0.505. The molecule has 1 aliphatic carbocycles. The molecule has 1 unspecified atom stereocenters. The highest BCUT2D eigenvalue weighted by molar-refractivity contribution is 7.98. The lowest BCUT2D eigenvalue weighted by atomic mass is 9.97. The van der Waals surface area contributed by atoms with Gasteiger partial charge in [-0.25, -0.2) is 4.79 Å². The molecule has 4 nitrogen and oxygen atoms in total. The van der Waals surface area contributed by atoms with E-state index in [-0.39, 0.29) is 11.8 Å². The molecule has 0 saturated carbocycles. The van der Waals surface area contributed by atoms with Crippen molar-refractivity contribution >= 4 is 35.0 Å². The average Bonchev–Trinajstić information content (AvgIpc) is 3.17. The Hall–Kier alpha value is -1.01. The van der Waals surface area contributed by atoms with Crippen LogP contribution < -0.4 is 5.69 Å². The van der Waals surface area contributed by atoms with Gasteiger partial charge in [-0.2, -0.15) is 4.98 Å². The lowest BCUT2D eigenvalue weighted by Gasteiger charge is -2.24. The summed E-state index contributed by atoms with van der Waals surface area (Å²) in [4.78, 5) is 17.2. The fourth-order valence-corrected chi connectivity index (χ4v) is 5.47. The molecule has 2 aromatic rings. The van der Waals surface area contributed by atoms with Gasteiger partial charge in [0.2, 0.25) is 0 Å². The van der Waals surface area contributed by atoms with E-state index in [1.807, 2.05) is 16.7 Å². The minimum Gasteiger partial charge on any atom is -0.376 e. The first-order valence-electron chi connectivity index (χ1n) is 9.43. The predicted octanol–water partition coefficient (Wildman–Crippen LogP) is 4.90. The zero-order chi connectivity index (χ0) is 18.8. The molecule has 1 aromatic heterocycles. The molecule has 144 valence electrons. The third-order valence-electron chi connectivity index (χ3n) is 5.24. The number of halogens is 2. The Bertz CT molecular complexity index is 894. The van der Waals surface area contributed by atoms with Crippen molar-refractivity contribution in [2.75, 3.05) is 6.61 Å². The molecule has 1 fully saturated rings. The number of rotatable bonds is 5. The summed E-state index contributed by atoms with van der Waals surface area (Å²) < 4.78 is 7.61. The summed E-state index contributed by atoms with van der Waals surface area (Å²) in [5.74, 6) is 0.671. The minimum atomic E-state index is -0.157. The highest BCUT2D eigenvalue weighted by atomic mass is 35.5. The van der Waals surface area contributed by atoms with Crippen molar-refractivity contribution in [3.8, 4) is 0 Å². The van der Waals surface area contributed by atoms with Crippen molar-refractivity contribution in [2.45, 2.75) is 62.0 Å². The molecule has 1 saturated heterocycles. The number of benzene rings is 1. The highest BCUT2D eigenvalue weighted by Crippen LogP contribution is 2.33. The van der Waals surface area contributed by atoms with Gasteiger partial charge in [-0.1, -0.05) is 29.3 Å². The van der Waals surface area contributed by atoms with E-state index in [1.54, 1.807) is 17.8 Å². The molecule has 0 spiro atoms. The Morgan fingerprint density at radius 3 is 2.85 bits per heavy atom. The van der Waals surface area contributed by atoms with Crippen LogP contribution in [0.5, 0.6) is 0 Å². The van der Waals surface area contributed by atoms with E-state index in [1.165, 1.54) is 5.56 Å². The van der Waals surface area contributed by atoms with Gasteiger partial charge in [0, 0.05) is 33.7 Å². The zero-order valence-electron chi connectivity index (χ0n) is 15.0.